The van der Waals surface area contributed by atoms with Gasteiger partial charge in [0.1, 0.15) is 0 Å². The van der Waals surface area contributed by atoms with E-state index in [1.54, 1.807) is 24.4 Å². The fourth-order valence-corrected chi connectivity index (χ4v) is 5.04. The van der Waals surface area contributed by atoms with Gasteiger partial charge in [0.2, 0.25) is 6.36 Å². The van der Waals surface area contributed by atoms with Gasteiger partial charge in [0, 0.05) is 37.1 Å². The van der Waals surface area contributed by atoms with E-state index in [4.69, 9.17) is 4.74 Å². The lowest BCUT2D eigenvalue weighted by atomic mass is 9.94. The quantitative estimate of drug-likeness (QED) is 0.219. The van der Waals surface area contributed by atoms with Crippen LogP contribution in [0, 0.1) is 12.7 Å². The molecule has 0 bridgehead atoms. The normalized spacial score (nSPS) is 15.8. The molecule has 1 aliphatic rings. The first-order valence-corrected chi connectivity index (χ1v) is 13.4. The number of carboxylic acid groups (broad SMARTS) is 1. The van der Waals surface area contributed by atoms with Crippen molar-refractivity contribution in [1.82, 2.24) is 20.4 Å². The van der Waals surface area contributed by atoms with Gasteiger partial charge in [-0.1, -0.05) is 25.3 Å². The number of fused-ring (bicyclic) bond motifs is 1. The Labute approximate surface area is 239 Å². The predicted octanol–water partition coefficient (Wildman–Crippen LogP) is 6.48. The lowest BCUT2D eigenvalue weighted by Gasteiger charge is -2.34. The minimum atomic E-state index is -1.63. The van der Waals surface area contributed by atoms with Crippen molar-refractivity contribution in [3.8, 4) is 5.75 Å². The van der Waals surface area contributed by atoms with E-state index in [0.717, 1.165) is 35.4 Å². The van der Waals surface area contributed by atoms with Gasteiger partial charge < -0.3 is 15.2 Å². The van der Waals surface area contributed by atoms with E-state index in [-0.39, 0.29) is 11.8 Å². The molecular formula is C32H36F2N4O3. The van der Waals surface area contributed by atoms with Gasteiger partial charge in [0.15, 0.2) is 11.6 Å². The number of rotatable bonds is 12. The fraction of sp³-hybridized carbons (Fsp3) is 0.312. The second-order valence-electron chi connectivity index (χ2n) is 10.8. The number of benzene rings is 2. The number of nitrogens with one attached hydrogen (secondary N) is 2. The van der Waals surface area contributed by atoms with Crippen molar-refractivity contribution in [1.29, 1.82) is 0 Å². The summed E-state index contributed by atoms with van der Waals surface area (Å²) in [7, 11) is 0. The van der Waals surface area contributed by atoms with Crippen molar-refractivity contribution in [2.75, 3.05) is 0 Å². The Hall–Kier alpha value is -4.24. The summed E-state index contributed by atoms with van der Waals surface area (Å²) in [5.41, 5.74) is 5.50. The van der Waals surface area contributed by atoms with Crippen LogP contribution in [-0.4, -0.2) is 32.8 Å². The van der Waals surface area contributed by atoms with Gasteiger partial charge in [0.05, 0.1) is 16.8 Å². The van der Waals surface area contributed by atoms with Gasteiger partial charge in [-0.25, -0.2) is 18.3 Å². The summed E-state index contributed by atoms with van der Waals surface area (Å²) in [5.74, 6) is -1.72. The minimum absolute atomic E-state index is 0.0265. The molecule has 0 spiro atoms. The minimum Gasteiger partial charge on any atom is -0.478 e. The van der Waals surface area contributed by atoms with Gasteiger partial charge in [-0.3, -0.25) is 5.32 Å². The first-order valence-electron chi connectivity index (χ1n) is 13.4. The van der Waals surface area contributed by atoms with Crippen LogP contribution < -0.4 is 15.4 Å². The predicted molar refractivity (Wildman–Crippen MR) is 156 cm³/mol. The van der Waals surface area contributed by atoms with Crippen LogP contribution in [0.2, 0.25) is 0 Å². The summed E-state index contributed by atoms with van der Waals surface area (Å²) in [4.78, 5) is 11.4. The summed E-state index contributed by atoms with van der Waals surface area (Å²) >= 11 is 0. The number of aromatic carboxylic acids is 1. The Morgan fingerprint density at radius 1 is 1.27 bits per heavy atom. The number of hydrogen-bond acceptors (Lipinski definition) is 5. The molecule has 3 aromatic rings. The Balaban J connectivity index is 1.54. The third-order valence-corrected chi connectivity index (χ3v) is 7.19. The van der Waals surface area contributed by atoms with Crippen molar-refractivity contribution >= 4 is 11.7 Å². The molecule has 0 fully saturated rings. The lowest BCUT2D eigenvalue weighted by Crippen LogP contribution is -2.44. The number of halogens is 2. The van der Waals surface area contributed by atoms with Gasteiger partial charge in [-0.05, 0) is 92.3 Å². The maximum atomic E-state index is 14.0. The van der Waals surface area contributed by atoms with Gasteiger partial charge in [-0.15, -0.1) is 0 Å². The van der Waals surface area contributed by atoms with Gasteiger partial charge in [0.25, 0.3) is 0 Å². The third kappa shape index (κ3) is 6.92. The van der Waals surface area contributed by atoms with Crippen LogP contribution >= 0.6 is 0 Å². The average Bonchev–Trinajstić information content (AvgIpc) is 3.51. The first-order chi connectivity index (χ1) is 19.4. The van der Waals surface area contributed by atoms with Crippen molar-refractivity contribution < 1.29 is 23.4 Å². The maximum absolute atomic E-state index is 14.0. The molecule has 2 aromatic carbocycles. The number of carbonyl (C=O) groups is 1. The van der Waals surface area contributed by atoms with E-state index in [2.05, 4.69) is 42.7 Å². The largest absolute Gasteiger partial charge is 0.478 e. The highest BCUT2D eigenvalue weighted by atomic mass is 19.1. The molecule has 0 amide bonds. The van der Waals surface area contributed by atoms with E-state index in [1.807, 2.05) is 29.8 Å². The number of aromatic nitrogens is 2. The van der Waals surface area contributed by atoms with Gasteiger partial charge >= 0.3 is 5.97 Å². The van der Waals surface area contributed by atoms with E-state index >= 15 is 0 Å². The highest BCUT2D eigenvalue weighted by Gasteiger charge is 2.33. The zero-order valence-electron chi connectivity index (χ0n) is 23.8. The number of nitrogens with zero attached hydrogens (tertiary/aromatic N) is 2. The number of alkyl halides is 1. The summed E-state index contributed by atoms with van der Waals surface area (Å²) < 4.78 is 34.0. The average molecular weight is 563 g/mol. The van der Waals surface area contributed by atoms with Crippen LogP contribution in [0.4, 0.5) is 8.78 Å². The molecule has 41 heavy (non-hydrogen) atoms. The smallest absolute Gasteiger partial charge is 0.335 e. The Morgan fingerprint density at radius 2 is 2.02 bits per heavy atom. The lowest BCUT2D eigenvalue weighted by molar-refractivity contribution is 0.0696. The van der Waals surface area contributed by atoms with Crippen molar-refractivity contribution in [3.63, 3.8) is 0 Å². The monoisotopic (exact) mass is 562 g/mol. The van der Waals surface area contributed by atoms with E-state index < -0.39 is 23.7 Å². The fourth-order valence-electron chi connectivity index (χ4n) is 5.04. The molecule has 9 heteroatoms. The Kier molecular flexibility index (Phi) is 8.77. The molecule has 2 atom stereocenters. The second kappa shape index (κ2) is 12.1. The second-order valence-corrected chi connectivity index (χ2v) is 10.8. The molecule has 216 valence electrons. The van der Waals surface area contributed by atoms with Crippen LogP contribution in [0.15, 0.2) is 79.2 Å². The molecule has 0 saturated carbocycles. The van der Waals surface area contributed by atoms with Crippen molar-refractivity contribution in [3.05, 3.63) is 113 Å². The highest BCUT2D eigenvalue weighted by Crippen LogP contribution is 2.36. The molecule has 1 heterocycles. The SMILES string of the molecule is C=C(/C=C(\n1nccc1C)C(C)(C)NC1CCc2cc(C(=O)O)ccc21)C(=C)NCc1ccc(F)c(OC(C)F)c1. The zero-order chi connectivity index (χ0) is 29.9. The Bertz CT molecular complexity index is 1510. The molecule has 0 radical (unpaired) electrons. The number of aryl methyl sites for hydroxylation is 2. The molecule has 1 aromatic heterocycles. The summed E-state index contributed by atoms with van der Waals surface area (Å²) in [5, 5.41) is 20.9. The van der Waals surface area contributed by atoms with Crippen LogP contribution in [0.5, 0.6) is 5.75 Å². The molecule has 2 unspecified atom stereocenters. The summed E-state index contributed by atoms with van der Waals surface area (Å²) in [6, 6.07) is 11.5. The molecule has 4 rings (SSSR count). The molecule has 0 aliphatic heterocycles. The third-order valence-electron chi connectivity index (χ3n) is 7.19. The van der Waals surface area contributed by atoms with Crippen LogP contribution in [-0.2, 0) is 13.0 Å². The summed E-state index contributed by atoms with van der Waals surface area (Å²) in [6.07, 6.45) is 3.66. The van der Waals surface area contributed by atoms with Gasteiger partial charge in [-0.2, -0.15) is 5.10 Å². The molecule has 1 aliphatic carbocycles. The van der Waals surface area contributed by atoms with E-state index in [1.165, 1.54) is 19.1 Å². The number of carboxylic acids is 1. The molecular weight excluding hydrogens is 526 g/mol. The first kappa shape index (κ1) is 29.7. The zero-order valence-corrected chi connectivity index (χ0v) is 23.8. The number of ether oxygens (including phenoxy) is 1. The topological polar surface area (TPSA) is 88.4 Å². The van der Waals surface area contributed by atoms with Crippen LogP contribution in [0.25, 0.3) is 5.70 Å². The van der Waals surface area contributed by atoms with E-state index in [0.29, 0.717) is 28.9 Å². The van der Waals surface area contributed by atoms with Crippen LogP contribution in [0.1, 0.15) is 66.0 Å². The molecule has 0 saturated heterocycles. The molecule has 3 N–H and O–H groups in total. The van der Waals surface area contributed by atoms with Crippen LogP contribution in [0.3, 0.4) is 0 Å². The van der Waals surface area contributed by atoms with Crippen molar-refractivity contribution in [2.24, 2.45) is 0 Å². The standard InChI is InChI=1S/C32H36F2N4O3/c1-19(21(3)35-18-23-7-11-27(34)29(16-23)41-22(4)33)15-30(38-20(2)13-14-36-38)32(5,6)37-28-12-9-24-17-25(31(39)40)8-10-26(24)28/h7-8,10-11,13-17,22,28,35,37H,1,3,9,12,18H2,2,4-6H3,(H,39,40)/b30-15-. The number of hydrogen-bond donors (Lipinski definition) is 3. The maximum Gasteiger partial charge on any atom is 0.335 e. The Morgan fingerprint density at radius 3 is 2.68 bits per heavy atom. The molecule has 7 nitrogen and oxygen atoms in total. The highest BCUT2D eigenvalue weighted by molar-refractivity contribution is 5.88. The number of allylic oxidation sites excluding steroid dienone is 1. The van der Waals surface area contributed by atoms with Crippen molar-refractivity contribution in [2.45, 2.75) is 65.0 Å². The van der Waals surface area contributed by atoms with E-state index in [9.17, 15) is 18.7 Å². The summed E-state index contributed by atoms with van der Waals surface area (Å²) in [6.45, 7) is 16.0.